The molecule has 2 saturated heterocycles. The molecule has 2 aliphatic rings. The molecule has 2 atom stereocenters. The minimum absolute atomic E-state index is 0.326. The standard InChI is InChI=1S/C17H19N3O2/c18-10-20-11-5-6-12(20)8-13(7-11)19-9-15(17(21)22)14-3-1-2-4-16(14)19/h1-4,9-13,18H,5-8H2,(H,21,22). The number of aromatic nitrogens is 1. The number of aromatic carboxylic acids is 1. The Hall–Kier alpha value is -2.30. The number of carboxylic acids is 1. The van der Waals surface area contributed by atoms with Crippen molar-refractivity contribution in [1.82, 2.24) is 9.47 Å². The largest absolute Gasteiger partial charge is 0.478 e. The molecule has 2 aromatic rings. The van der Waals surface area contributed by atoms with Gasteiger partial charge in [-0.05, 0) is 31.7 Å². The Bertz CT molecular complexity index is 737. The van der Waals surface area contributed by atoms with E-state index in [2.05, 4.69) is 9.47 Å². The van der Waals surface area contributed by atoms with Gasteiger partial charge in [-0.3, -0.25) is 5.41 Å². The van der Waals surface area contributed by atoms with Gasteiger partial charge in [0, 0.05) is 35.2 Å². The van der Waals surface area contributed by atoms with E-state index in [9.17, 15) is 9.90 Å². The van der Waals surface area contributed by atoms with Crippen LogP contribution in [0.25, 0.3) is 10.9 Å². The minimum atomic E-state index is -0.866. The SMILES string of the molecule is N=CN1C2CCC1CC(n1cc(C(=O)O)c3ccccc31)C2. The van der Waals surface area contributed by atoms with Crippen LogP contribution in [0.5, 0.6) is 0 Å². The average molecular weight is 297 g/mol. The van der Waals surface area contributed by atoms with Gasteiger partial charge in [0.25, 0.3) is 0 Å². The van der Waals surface area contributed by atoms with Crippen LogP contribution in [0.3, 0.4) is 0 Å². The molecular formula is C17H19N3O2. The molecule has 0 spiro atoms. The van der Waals surface area contributed by atoms with Crippen molar-refractivity contribution >= 4 is 23.2 Å². The third-order valence-electron chi connectivity index (χ3n) is 5.28. The lowest BCUT2D eigenvalue weighted by Gasteiger charge is -2.38. The molecule has 114 valence electrons. The highest BCUT2D eigenvalue weighted by molar-refractivity contribution is 6.03. The summed E-state index contributed by atoms with van der Waals surface area (Å²) in [6, 6.07) is 8.92. The van der Waals surface area contributed by atoms with Gasteiger partial charge in [-0.2, -0.15) is 0 Å². The van der Waals surface area contributed by atoms with Gasteiger partial charge >= 0.3 is 5.97 Å². The normalized spacial score (nSPS) is 27.3. The van der Waals surface area contributed by atoms with E-state index < -0.39 is 5.97 Å². The molecule has 1 aromatic carbocycles. The van der Waals surface area contributed by atoms with Crippen LogP contribution in [-0.4, -0.2) is 39.0 Å². The van der Waals surface area contributed by atoms with E-state index >= 15 is 0 Å². The molecule has 5 nitrogen and oxygen atoms in total. The van der Waals surface area contributed by atoms with Gasteiger partial charge in [-0.1, -0.05) is 18.2 Å². The number of hydrogen-bond acceptors (Lipinski definition) is 2. The van der Waals surface area contributed by atoms with Crippen LogP contribution in [0, 0.1) is 5.41 Å². The molecule has 5 heteroatoms. The lowest BCUT2D eigenvalue weighted by molar-refractivity contribution is 0.0698. The highest BCUT2D eigenvalue weighted by atomic mass is 16.4. The quantitative estimate of drug-likeness (QED) is 0.675. The number of fused-ring (bicyclic) bond motifs is 3. The summed E-state index contributed by atoms with van der Waals surface area (Å²) in [6.45, 7) is 0. The molecule has 0 aliphatic carbocycles. The Morgan fingerprint density at radius 1 is 1.18 bits per heavy atom. The van der Waals surface area contributed by atoms with E-state index in [1.807, 2.05) is 24.3 Å². The lowest BCUT2D eigenvalue weighted by atomic mass is 9.97. The fourth-order valence-electron chi connectivity index (χ4n) is 4.30. The van der Waals surface area contributed by atoms with E-state index in [4.69, 9.17) is 5.41 Å². The number of benzene rings is 1. The van der Waals surface area contributed by atoms with Crippen molar-refractivity contribution in [3.05, 3.63) is 36.0 Å². The zero-order valence-electron chi connectivity index (χ0n) is 12.3. The predicted molar refractivity (Wildman–Crippen MR) is 84.6 cm³/mol. The predicted octanol–water partition coefficient (Wildman–Crippen LogP) is 3.11. The van der Waals surface area contributed by atoms with Crippen molar-refractivity contribution in [2.75, 3.05) is 0 Å². The molecule has 1 aromatic heterocycles. The number of nitrogens with one attached hydrogen (secondary N) is 1. The summed E-state index contributed by atoms with van der Waals surface area (Å²) in [6.07, 6.45) is 7.54. The number of rotatable bonds is 3. The molecule has 0 radical (unpaired) electrons. The Kier molecular flexibility index (Phi) is 2.96. The van der Waals surface area contributed by atoms with Crippen LogP contribution in [0.2, 0.25) is 0 Å². The van der Waals surface area contributed by atoms with Crippen molar-refractivity contribution in [3.8, 4) is 0 Å². The Balaban J connectivity index is 1.76. The maximum Gasteiger partial charge on any atom is 0.337 e. The van der Waals surface area contributed by atoms with Gasteiger partial charge in [0.05, 0.1) is 11.9 Å². The van der Waals surface area contributed by atoms with Crippen molar-refractivity contribution in [2.45, 2.75) is 43.8 Å². The summed E-state index contributed by atoms with van der Waals surface area (Å²) >= 11 is 0. The second-order valence-electron chi connectivity index (χ2n) is 6.36. The van der Waals surface area contributed by atoms with Crippen molar-refractivity contribution in [2.24, 2.45) is 0 Å². The molecular weight excluding hydrogens is 278 g/mol. The second-order valence-corrected chi connectivity index (χ2v) is 6.36. The zero-order chi connectivity index (χ0) is 15.3. The summed E-state index contributed by atoms with van der Waals surface area (Å²) in [5.74, 6) is -0.866. The smallest absolute Gasteiger partial charge is 0.337 e. The molecule has 0 saturated carbocycles. The van der Waals surface area contributed by atoms with Gasteiger partial charge in [0.15, 0.2) is 0 Å². The van der Waals surface area contributed by atoms with Crippen molar-refractivity contribution in [3.63, 3.8) is 0 Å². The monoisotopic (exact) mass is 297 g/mol. The van der Waals surface area contributed by atoms with Crippen molar-refractivity contribution in [1.29, 1.82) is 5.41 Å². The van der Waals surface area contributed by atoms with Crippen LogP contribution >= 0.6 is 0 Å². The van der Waals surface area contributed by atoms with Gasteiger partial charge in [0.2, 0.25) is 0 Å². The Labute approximate surface area is 128 Å². The van der Waals surface area contributed by atoms with Gasteiger partial charge in [-0.25, -0.2) is 4.79 Å². The fourth-order valence-corrected chi connectivity index (χ4v) is 4.30. The first-order chi connectivity index (χ1) is 10.7. The third-order valence-corrected chi connectivity index (χ3v) is 5.28. The number of hydrogen-bond donors (Lipinski definition) is 2. The number of piperidine rings is 1. The van der Waals surface area contributed by atoms with Crippen LogP contribution < -0.4 is 0 Å². The third kappa shape index (κ3) is 1.85. The van der Waals surface area contributed by atoms with Crippen LogP contribution in [0.15, 0.2) is 30.5 Å². The average Bonchev–Trinajstić information content (AvgIpc) is 3.02. The fraction of sp³-hybridized carbons (Fsp3) is 0.412. The zero-order valence-corrected chi connectivity index (χ0v) is 12.3. The molecule has 2 aliphatic heterocycles. The highest BCUT2D eigenvalue weighted by Crippen LogP contribution is 2.41. The molecule has 3 heterocycles. The van der Waals surface area contributed by atoms with Crippen molar-refractivity contribution < 1.29 is 9.90 Å². The molecule has 2 N–H and O–H groups in total. The molecule has 2 bridgehead atoms. The summed E-state index contributed by atoms with van der Waals surface area (Å²) in [4.78, 5) is 13.7. The molecule has 22 heavy (non-hydrogen) atoms. The maximum atomic E-state index is 11.5. The first-order valence-corrected chi connectivity index (χ1v) is 7.80. The molecule has 2 unspecified atom stereocenters. The Morgan fingerprint density at radius 3 is 2.50 bits per heavy atom. The van der Waals surface area contributed by atoms with E-state index in [-0.39, 0.29) is 0 Å². The van der Waals surface area contributed by atoms with Gasteiger partial charge < -0.3 is 14.6 Å². The lowest BCUT2D eigenvalue weighted by Crippen LogP contribution is -2.42. The Morgan fingerprint density at radius 2 is 1.86 bits per heavy atom. The molecule has 0 amide bonds. The summed E-state index contributed by atoms with van der Waals surface area (Å²) in [5, 5.41) is 17.8. The van der Waals surface area contributed by atoms with E-state index in [1.165, 1.54) is 6.34 Å². The highest BCUT2D eigenvalue weighted by Gasteiger charge is 2.40. The second kappa shape index (κ2) is 4.87. The van der Waals surface area contributed by atoms with Crippen LogP contribution in [0.1, 0.15) is 42.1 Å². The number of para-hydroxylation sites is 1. The van der Waals surface area contributed by atoms with Crippen LogP contribution in [0.4, 0.5) is 0 Å². The number of carbonyl (C=O) groups is 1. The van der Waals surface area contributed by atoms with Crippen LogP contribution in [-0.2, 0) is 0 Å². The van der Waals surface area contributed by atoms with Gasteiger partial charge in [0.1, 0.15) is 0 Å². The number of carboxylic acid groups (broad SMARTS) is 1. The first kappa shape index (κ1) is 13.4. The first-order valence-electron chi connectivity index (χ1n) is 7.80. The topological polar surface area (TPSA) is 69.3 Å². The van der Waals surface area contributed by atoms with E-state index in [0.29, 0.717) is 23.7 Å². The summed E-state index contributed by atoms with van der Waals surface area (Å²) in [5.41, 5.74) is 1.39. The molecule has 4 rings (SSSR count). The molecule has 2 fully saturated rings. The summed E-state index contributed by atoms with van der Waals surface area (Å²) in [7, 11) is 0. The van der Waals surface area contributed by atoms with E-state index in [0.717, 1.165) is 36.6 Å². The van der Waals surface area contributed by atoms with Gasteiger partial charge in [-0.15, -0.1) is 0 Å². The summed E-state index contributed by atoms with van der Waals surface area (Å²) < 4.78 is 2.16. The minimum Gasteiger partial charge on any atom is -0.478 e. The number of nitrogens with zero attached hydrogens (tertiary/aromatic N) is 2. The maximum absolute atomic E-state index is 11.5. The van der Waals surface area contributed by atoms with E-state index in [1.54, 1.807) is 6.20 Å².